The summed E-state index contributed by atoms with van der Waals surface area (Å²) in [5, 5.41) is 3.82. The zero-order valence-corrected chi connectivity index (χ0v) is 27.6. The van der Waals surface area contributed by atoms with Crippen molar-refractivity contribution < 1.29 is 37.0 Å². The molecule has 2 aromatic rings. The third-order valence-corrected chi connectivity index (χ3v) is 10.7. The number of aromatic nitrogens is 1. The smallest absolute Gasteiger partial charge is 0.264 e. The lowest BCUT2D eigenvalue weighted by Gasteiger charge is -2.26. The second-order valence-corrected chi connectivity index (χ2v) is 14.1. The van der Waals surface area contributed by atoms with Crippen LogP contribution in [0.4, 0.5) is 0 Å². The summed E-state index contributed by atoms with van der Waals surface area (Å²) in [4.78, 5) is 48.0. The predicted octanol–water partition coefficient (Wildman–Crippen LogP) is 3.29. The molecule has 2 aliphatic heterocycles. The van der Waals surface area contributed by atoms with Crippen LogP contribution in [0.25, 0.3) is 10.9 Å². The molecule has 1 unspecified atom stereocenters. The topological polar surface area (TPSA) is 145 Å². The molecule has 252 valence electrons. The van der Waals surface area contributed by atoms with Gasteiger partial charge in [0.2, 0.25) is 17.7 Å². The Balaban J connectivity index is 1.16. The molecule has 3 heterocycles. The molecule has 1 aromatic carbocycles. The van der Waals surface area contributed by atoms with Crippen LogP contribution < -0.4 is 24.2 Å². The van der Waals surface area contributed by atoms with Crippen molar-refractivity contribution >= 4 is 39.9 Å². The van der Waals surface area contributed by atoms with E-state index in [1.807, 2.05) is 31.2 Å². The number of hydrogen-bond acceptors (Lipinski definition) is 9. The minimum absolute atomic E-state index is 0.113. The van der Waals surface area contributed by atoms with E-state index in [9.17, 15) is 18.6 Å². The Kier molecular flexibility index (Phi) is 8.86. The summed E-state index contributed by atoms with van der Waals surface area (Å²) >= 11 is -2.00. The van der Waals surface area contributed by atoms with Gasteiger partial charge in [-0.3, -0.25) is 18.6 Å². The highest BCUT2D eigenvalue weighted by Gasteiger charge is 2.61. The van der Waals surface area contributed by atoms with Gasteiger partial charge in [0.05, 0.1) is 36.7 Å². The molecule has 7 rings (SSSR count). The molecule has 6 atom stereocenters. The monoisotopic (exact) mass is 666 g/mol. The molecular formula is C34H42N4O8S. The number of carbonyl (C=O) groups is 3. The molecule has 12 nitrogen and oxygen atoms in total. The number of carbonyl (C=O) groups excluding carboxylic acids is 3. The van der Waals surface area contributed by atoms with Gasteiger partial charge < -0.3 is 24.4 Å². The van der Waals surface area contributed by atoms with Crippen molar-refractivity contribution in [2.45, 2.75) is 82.5 Å². The Morgan fingerprint density at radius 3 is 2.83 bits per heavy atom. The number of nitrogens with zero attached hydrogens (tertiary/aromatic N) is 2. The largest absolute Gasteiger partial charge is 0.493 e. The second kappa shape index (κ2) is 13.1. The first kappa shape index (κ1) is 31.9. The van der Waals surface area contributed by atoms with Crippen LogP contribution in [-0.4, -0.2) is 76.4 Å². The fourth-order valence-electron chi connectivity index (χ4n) is 7.10. The Morgan fingerprint density at radius 2 is 2.02 bits per heavy atom. The van der Waals surface area contributed by atoms with Crippen LogP contribution in [0.5, 0.6) is 17.4 Å². The number of amides is 3. The van der Waals surface area contributed by atoms with E-state index in [4.69, 9.17) is 23.4 Å². The first-order valence-corrected chi connectivity index (χ1v) is 17.9. The molecule has 5 aliphatic rings. The van der Waals surface area contributed by atoms with Crippen molar-refractivity contribution in [1.29, 1.82) is 0 Å². The van der Waals surface area contributed by atoms with E-state index in [0.717, 1.165) is 60.7 Å². The van der Waals surface area contributed by atoms with Gasteiger partial charge in [0.15, 0.2) is 0 Å². The van der Waals surface area contributed by atoms with Gasteiger partial charge >= 0.3 is 0 Å². The molecule has 0 radical (unpaired) electrons. The Morgan fingerprint density at radius 1 is 1.19 bits per heavy atom. The maximum atomic E-state index is 14.1. The number of pyridine rings is 1. The summed E-state index contributed by atoms with van der Waals surface area (Å²) in [7, 11) is 1.78. The summed E-state index contributed by atoms with van der Waals surface area (Å²) in [5.41, 5.74) is 0.508. The van der Waals surface area contributed by atoms with Crippen LogP contribution in [-0.2, 0) is 36.3 Å². The highest BCUT2D eigenvalue weighted by Crippen LogP contribution is 2.47. The normalized spacial score (nSPS) is 30.2. The maximum Gasteiger partial charge on any atom is 0.264 e. The number of allylic oxidation sites excluding steroid dienone is 1. The lowest BCUT2D eigenvalue weighted by atomic mass is 9.93. The van der Waals surface area contributed by atoms with Gasteiger partial charge in [0.1, 0.15) is 23.1 Å². The van der Waals surface area contributed by atoms with Crippen molar-refractivity contribution in [2.75, 3.05) is 26.8 Å². The molecule has 1 aromatic heterocycles. The molecule has 3 fully saturated rings. The summed E-state index contributed by atoms with van der Waals surface area (Å²) in [6.45, 7) is 3.50. The molecule has 3 amide bonds. The zero-order valence-electron chi connectivity index (χ0n) is 26.8. The van der Waals surface area contributed by atoms with Crippen molar-refractivity contribution in [3.8, 4) is 17.4 Å². The van der Waals surface area contributed by atoms with Gasteiger partial charge in [-0.05, 0) is 70.4 Å². The van der Waals surface area contributed by atoms with Crippen molar-refractivity contribution in [1.82, 2.24) is 19.9 Å². The zero-order chi connectivity index (χ0) is 32.7. The third kappa shape index (κ3) is 6.56. The Labute approximate surface area is 276 Å². The predicted molar refractivity (Wildman–Crippen MR) is 173 cm³/mol. The van der Waals surface area contributed by atoms with Gasteiger partial charge in [-0.15, -0.1) is 0 Å². The Hall–Kier alpha value is -3.71. The SMILES string of the molecule is CCOc1cc(O[C@@H]2C[C@H]3C(=O)N[C@]4(C(=O)NS(=O)OC5CC5)C[C@H]4/C=C\CCCCN(C)C(=O)[C@@H]3C2)c2ccc3c(c2n1)CCO3. The third-order valence-electron chi connectivity index (χ3n) is 9.90. The van der Waals surface area contributed by atoms with Crippen LogP contribution in [0.2, 0.25) is 0 Å². The molecule has 47 heavy (non-hydrogen) atoms. The van der Waals surface area contributed by atoms with Crippen LogP contribution in [0.3, 0.4) is 0 Å². The second-order valence-electron chi connectivity index (χ2n) is 13.3. The highest BCUT2D eigenvalue weighted by atomic mass is 32.2. The lowest BCUT2D eigenvalue weighted by molar-refractivity contribution is -0.140. The number of hydrogen-bond donors (Lipinski definition) is 2. The van der Waals surface area contributed by atoms with E-state index in [1.54, 1.807) is 18.0 Å². The van der Waals surface area contributed by atoms with E-state index >= 15 is 0 Å². The minimum Gasteiger partial charge on any atom is -0.493 e. The molecule has 0 saturated heterocycles. The summed E-state index contributed by atoms with van der Waals surface area (Å²) in [6.07, 6.45) is 9.28. The molecule has 0 bridgehead atoms. The molecule has 3 aliphatic carbocycles. The summed E-state index contributed by atoms with van der Waals surface area (Å²) in [6, 6.07) is 5.62. The standard InChI is InChI=1S/C34H42N4O8S/c1-3-43-29-18-28(23-11-12-27-24(13-15-44-27)30(23)35-29)45-22-16-25-26(17-22)32(40)38(2)14-7-5-4-6-8-20-19-34(20,36-31(25)39)33(41)37-47(42)46-21-9-10-21/h6,8,11-12,18,20-22,25-26H,3-5,7,9-10,13-17,19H2,1-2H3,(H,36,39)(H,37,41)/b8-6-/t20-,22-,25-,26-,34-,47?/m1/s1. The fraction of sp³-hybridized carbons (Fsp3) is 0.588. The number of nitrogens with one attached hydrogen (secondary N) is 2. The van der Waals surface area contributed by atoms with Crippen molar-refractivity contribution in [3.63, 3.8) is 0 Å². The number of ether oxygens (including phenoxy) is 3. The molecule has 2 N–H and O–H groups in total. The Bertz CT molecular complexity index is 1630. The minimum atomic E-state index is -2.00. The van der Waals surface area contributed by atoms with Crippen molar-refractivity contribution in [3.05, 3.63) is 35.9 Å². The number of rotatable bonds is 8. The number of fused-ring (bicyclic) bond motifs is 5. The van der Waals surface area contributed by atoms with E-state index in [1.165, 1.54) is 0 Å². The van der Waals surface area contributed by atoms with Gasteiger partial charge in [-0.25, -0.2) is 13.9 Å². The maximum absolute atomic E-state index is 14.1. The van der Waals surface area contributed by atoms with E-state index in [2.05, 4.69) is 10.0 Å². The van der Waals surface area contributed by atoms with Gasteiger partial charge in [-0.1, -0.05) is 12.2 Å². The van der Waals surface area contributed by atoms with Gasteiger partial charge in [0.25, 0.3) is 17.2 Å². The lowest BCUT2D eigenvalue weighted by Crippen LogP contribution is -2.53. The van der Waals surface area contributed by atoms with Crippen LogP contribution in [0, 0.1) is 17.8 Å². The first-order chi connectivity index (χ1) is 22.8. The molecule has 3 saturated carbocycles. The first-order valence-electron chi connectivity index (χ1n) is 16.8. The highest BCUT2D eigenvalue weighted by molar-refractivity contribution is 7.78. The average molecular weight is 667 g/mol. The van der Waals surface area contributed by atoms with Crippen LogP contribution in [0.1, 0.15) is 63.9 Å². The van der Waals surface area contributed by atoms with Gasteiger partial charge in [0, 0.05) is 42.9 Å². The molecule has 0 spiro atoms. The van der Waals surface area contributed by atoms with E-state index in [-0.39, 0.29) is 30.3 Å². The van der Waals surface area contributed by atoms with Gasteiger partial charge in [-0.2, -0.15) is 0 Å². The van der Waals surface area contributed by atoms with E-state index in [0.29, 0.717) is 44.2 Å². The quantitative estimate of drug-likeness (QED) is 0.406. The van der Waals surface area contributed by atoms with E-state index < -0.39 is 40.7 Å². The van der Waals surface area contributed by atoms with Crippen LogP contribution >= 0.6 is 0 Å². The number of benzene rings is 1. The van der Waals surface area contributed by atoms with Crippen LogP contribution in [0.15, 0.2) is 30.4 Å². The van der Waals surface area contributed by atoms with Crippen molar-refractivity contribution in [2.24, 2.45) is 17.8 Å². The fourth-order valence-corrected chi connectivity index (χ4v) is 7.92. The molecule has 13 heteroatoms. The summed E-state index contributed by atoms with van der Waals surface area (Å²) < 4.78 is 38.5. The molecular weight excluding hydrogens is 624 g/mol. The average Bonchev–Trinajstić information content (AvgIpc) is 3.87. The summed E-state index contributed by atoms with van der Waals surface area (Å²) in [5.74, 6) is -0.834.